The molecule has 15 heavy (non-hydrogen) atoms. The van der Waals surface area contributed by atoms with E-state index in [4.69, 9.17) is 15.7 Å². The maximum atomic E-state index is 10.7. The van der Waals surface area contributed by atoms with Gasteiger partial charge in [-0.2, -0.15) is 0 Å². The van der Waals surface area contributed by atoms with Crippen LogP contribution in [0.25, 0.3) is 0 Å². The zero-order chi connectivity index (χ0) is 11.5. The maximum absolute atomic E-state index is 10.7. The summed E-state index contributed by atoms with van der Waals surface area (Å²) in [5, 5.41) is 2.45. The Morgan fingerprint density at radius 3 is 2.20 bits per heavy atom. The zero-order valence-corrected chi connectivity index (χ0v) is 8.61. The van der Waals surface area contributed by atoms with Crippen molar-refractivity contribution in [3.8, 4) is 0 Å². The van der Waals surface area contributed by atoms with Crippen LogP contribution in [0.5, 0.6) is 0 Å². The molecule has 0 atom stereocenters. The summed E-state index contributed by atoms with van der Waals surface area (Å²) in [5.41, 5.74) is -0.115. The molecular formula is C4H5B3N5O2S. The number of hydrogen-bond donors (Lipinski definition) is 2. The second-order valence-corrected chi connectivity index (χ2v) is 4.33. The van der Waals surface area contributed by atoms with Crippen LogP contribution in [0, 0.1) is 0 Å². The van der Waals surface area contributed by atoms with Crippen LogP contribution >= 0.6 is 0 Å². The molecule has 0 spiro atoms. The van der Waals surface area contributed by atoms with Gasteiger partial charge < -0.3 is 5.23 Å². The predicted octanol–water partition coefficient (Wildman–Crippen LogP) is -4.05. The Kier molecular flexibility index (Phi) is 3.69. The van der Waals surface area contributed by atoms with Crippen molar-refractivity contribution in [2.75, 3.05) is 11.5 Å². The number of rotatable bonds is 4. The van der Waals surface area contributed by atoms with E-state index in [0.717, 1.165) is 13.8 Å². The minimum atomic E-state index is -3.32. The highest BCUT2D eigenvalue weighted by Crippen LogP contribution is 1.85. The van der Waals surface area contributed by atoms with Gasteiger partial charge in [-0.15, -0.1) is 0 Å². The number of aromatic nitrogens is 3. The highest BCUT2D eigenvalue weighted by Gasteiger charge is 2.04. The van der Waals surface area contributed by atoms with E-state index in [0.29, 0.717) is 0 Å². The largest absolute Gasteiger partial charge is 0.386 e. The standard InChI is InChI=1S/C4H5B3N5O2S/c1-15(13,14)12-7-11-4-9-2(5)8-3(6)10-4/h12H,1H3,(H,8,9,10,11). The van der Waals surface area contributed by atoms with Crippen molar-refractivity contribution in [1.82, 2.24) is 19.6 Å². The first-order valence-electron chi connectivity index (χ1n) is 3.69. The average molecular weight is 220 g/mol. The topological polar surface area (TPSA) is 96.9 Å². The maximum Gasteiger partial charge on any atom is 0.363 e. The number of nitrogens with zero attached hydrogens (tertiary/aromatic N) is 3. The highest BCUT2D eigenvalue weighted by molar-refractivity contribution is 7.89. The minimum absolute atomic E-state index is 0.0520. The molecule has 2 N–H and O–H groups in total. The zero-order valence-electron chi connectivity index (χ0n) is 7.80. The van der Waals surface area contributed by atoms with Crippen molar-refractivity contribution in [2.45, 2.75) is 0 Å². The van der Waals surface area contributed by atoms with Crippen molar-refractivity contribution in [1.29, 1.82) is 0 Å². The van der Waals surface area contributed by atoms with Crippen molar-refractivity contribution >= 4 is 50.7 Å². The van der Waals surface area contributed by atoms with E-state index in [1.54, 1.807) is 0 Å². The van der Waals surface area contributed by atoms with E-state index in [9.17, 15) is 8.42 Å². The Morgan fingerprint density at radius 1 is 1.20 bits per heavy atom. The molecular weight excluding hydrogens is 215 g/mol. The molecule has 5 radical (unpaired) electrons. The molecule has 0 fully saturated rings. The summed E-state index contributed by atoms with van der Waals surface area (Å²) in [6.07, 6.45) is 1.00. The fourth-order valence-electron chi connectivity index (χ4n) is 0.675. The summed E-state index contributed by atoms with van der Waals surface area (Å²) in [7, 11) is 8.29. The fraction of sp³-hybridized carbons (Fsp3) is 0.250. The van der Waals surface area contributed by atoms with E-state index >= 15 is 0 Å². The van der Waals surface area contributed by atoms with Gasteiger partial charge in [0.2, 0.25) is 5.95 Å². The van der Waals surface area contributed by atoms with E-state index in [1.165, 1.54) is 0 Å². The highest BCUT2D eigenvalue weighted by atomic mass is 32.2. The predicted molar refractivity (Wildman–Crippen MR) is 58.0 cm³/mol. The first kappa shape index (κ1) is 12.0. The van der Waals surface area contributed by atoms with Crippen LogP contribution in [0.1, 0.15) is 0 Å². The normalized spacial score (nSPS) is 11.0. The van der Waals surface area contributed by atoms with Crippen LogP contribution in [0.15, 0.2) is 0 Å². The first-order valence-corrected chi connectivity index (χ1v) is 5.58. The lowest BCUT2D eigenvalue weighted by molar-refractivity contribution is 0.599. The van der Waals surface area contributed by atoms with Gasteiger partial charge in [-0.05, 0) is 0 Å². The van der Waals surface area contributed by atoms with Gasteiger partial charge in [0.05, 0.1) is 17.7 Å². The summed E-state index contributed by atoms with van der Waals surface area (Å²) in [6, 6.07) is 0. The Labute approximate surface area is 90.7 Å². The average Bonchev–Trinajstić information content (AvgIpc) is 1.99. The van der Waals surface area contributed by atoms with Gasteiger partial charge in [-0.1, -0.05) is 0 Å². The number of anilines is 1. The summed E-state index contributed by atoms with van der Waals surface area (Å²) in [4.78, 5) is 10.8. The van der Waals surface area contributed by atoms with Crippen LogP contribution in [0.3, 0.4) is 0 Å². The monoisotopic (exact) mass is 220 g/mol. The Hall–Kier alpha value is -1.09. The molecule has 7 nitrogen and oxygen atoms in total. The lowest BCUT2D eigenvalue weighted by Crippen LogP contribution is -2.35. The Bertz CT molecular complexity index is 431. The van der Waals surface area contributed by atoms with Crippen LogP contribution in [-0.2, 0) is 10.0 Å². The van der Waals surface area contributed by atoms with Crippen molar-refractivity contribution in [2.24, 2.45) is 0 Å². The Morgan fingerprint density at radius 2 is 1.73 bits per heavy atom. The quantitative estimate of drug-likeness (QED) is 0.501. The second kappa shape index (κ2) is 4.62. The molecule has 0 aromatic carbocycles. The van der Waals surface area contributed by atoms with Crippen LogP contribution in [-0.4, -0.2) is 52.9 Å². The van der Waals surface area contributed by atoms with E-state index in [1.807, 2.05) is 0 Å². The summed E-state index contributed by atoms with van der Waals surface area (Å²) in [6.45, 7) is 0. The molecule has 1 rings (SSSR count). The van der Waals surface area contributed by atoms with E-state index < -0.39 is 10.0 Å². The summed E-state index contributed by atoms with van der Waals surface area (Å²) >= 11 is 0. The molecule has 1 aromatic heterocycles. The molecule has 0 bridgehead atoms. The second-order valence-electron chi connectivity index (χ2n) is 2.55. The van der Waals surface area contributed by atoms with Gasteiger partial charge >= 0.3 is 7.55 Å². The van der Waals surface area contributed by atoms with E-state index in [-0.39, 0.29) is 17.4 Å². The molecule has 0 aliphatic rings. The molecule has 0 saturated carbocycles. The minimum Gasteiger partial charge on any atom is -0.386 e. The molecule has 0 unspecified atom stereocenters. The molecule has 0 aliphatic heterocycles. The third-order valence-corrected chi connectivity index (χ3v) is 1.69. The van der Waals surface area contributed by atoms with Gasteiger partial charge in [0.15, 0.2) is 25.7 Å². The van der Waals surface area contributed by atoms with Crippen LogP contribution in [0.2, 0.25) is 0 Å². The lowest BCUT2D eigenvalue weighted by Gasteiger charge is -2.04. The van der Waals surface area contributed by atoms with Gasteiger partial charge in [-0.3, -0.25) is 0 Å². The van der Waals surface area contributed by atoms with Gasteiger partial charge in [0.25, 0.3) is 0 Å². The summed E-state index contributed by atoms with van der Waals surface area (Å²) in [5.74, 6) is 0.0520. The van der Waals surface area contributed by atoms with Crippen LogP contribution in [0.4, 0.5) is 5.95 Å². The molecule has 0 saturated heterocycles. The van der Waals surface area contributed by atoms with E-state index in [2.05, 4.69) is 24.8 Å². The van der Waals surface area contributed by atoms with Crippen molar-refractivity contribution in [3.05, 3.63) is 0 Å². The first-order chi connectivity index (χ1) is 6.87. The molecule has 1 heterocycles. The summed E-state index contributed by atoms with van der Waals surface area (Å²) < 4.78 is 23.4. The smallest absolute Gasteiger partial charge is 0.363 e. The Balaban J connectivity index is 2.58. The number of sulfonamides is 1. The SMILES string of the molecule is [B]c1nc([B])nc(N[B]NS(C)(=O)=O)n1. The molecule has 11 heteroatoms. The third-order valence-electron chi connectivity index (χ3n) is 1.14. The lowest BCUT2D eigenvalue weighted by atomic mass is 10.1. The number of nitrogens with one attached hydrogen (secondary N) is 2. The van der Waals surface area contributed by atoms with Gasteiger partial charge in [-0.25, -0.2) is 28.0 Å². The molecule has 73 valence electrons. The molecule has 1 aromatic rings. The van der Waals surface area contributed by atoms with Gasteiger partial charge in [0, 0.05) is 0 Å². The molecule has 0 amide bonds. The van der Waals surface area contributed by atoms with Gasteiger partial charge in [0.1, 0.15) is 0 Å². The fourth-order valence-corrected chi connectivity index (χ4v) is 0.948. The third kappa shape index (κ3) is 4.79. The number of hydrogen-bond acceptors (Lipinski definition) is 6. The van der Waals surface area contributed by atoms with Crippen molar-refractivity contribution in [3.63, 3.8) is 0 Å². The van der Waals surface area contributed by atoms with Crippen LogP contribution < -0.4 is 21.3 Å². The molecule has 0 aliphatic carbocycles. The van der Waals surface area contributed by atoms with Crippen molar-refractivity contribution < 1.29 is 8.42 Å².